The van der Waals surface area contributed by atoms with E-state index in [-0.39, 0.29) is 11.7 Å². The maximum Gasteiger partial charge on any atom is 0.347 e. The van der Waals surface area contributed by atoms with Crippen molar-refractivity contribution in [2.45, 2.75) is 84.4 Å². The monoisotopic (exact) mass is 482 g/mol. The van der Waals surface area contributed by atoms with Crippen molar-refractivity contribution in [1.82, 2.24) is 4.90 Å². The first-order valence-corrected chi connectivity index (χ1v) is 12.3. The fraction of sp³-hybridized carbons (Fsp3) is 0.464. The minimum absolute atomic E-state index is 0.0506. The van der Waals surface area contributed by atoms with Gasteiger partial charge in [-0.2, -0.15) is 0 Å². The molecular formula is C28H35FN2O4. The second-order valence-corrected chi connectivity index (χ2v) is 9.52. The molecule has 0 aliphatic carbocycles. The molecule has 0 radical (unpaired) electrons. The lowest BCUT2D eigenvalue weighted by molar-refractivity contribution is -0.152. The highest BCUT2D eigenvalue weighted by Crippen LogP contribution is 2.33. The first-order chi connectivity index (χ1) is 16.6. The number of hydrogen-bond donors (Lipinski definition) is 1. The van der Waals surface area contributed by atoms with E-state index in [2.05, 4.69) is 6.92 Å². The van der Waals surface area contributed by atoms with Crippen LogP contribution in [-0.2, 0) is 16.1 Å². The van der Waals surface area contributed by atoms with Crippen LogP contribution in [0.3, 0.4) is 0 Å². The number of nitrogens with zero attached hydrogens (tertiary/aromatic N) is 2. The van der Waals surface area contributed by atoms with Crippen molar-refractivity contribution >= 4 is 17.7 Å². The number of halogens is 1. The summed E-state index contributed by atoms with van der Waals surface area (Å²) in [6, 6.07) is 11.6. The Morgan fingerprint density at radius 3 is 2.34 bits per heavy atom. The van der Waals surface area contributed by atoms with E-state index in [1.165, 1.54) is 32.0 Å². The number of amidine groups is 1. The molecule has 2 aromatic carbocycles. The molecule has 0 unspecified atom stereocenters. The average Bonchev–Trinajstić information content (AvgIpc) is 3.10. The smallest absolute Gasteiger partial charge is 0.347 e. The van der Waals surface area contributed by atoms with Crippen LogP contribution in [0.5, 0.6) is 5.75 Å². The lowest BCUT2D eigenvalue weighted by Gasteiger charge is -2.24. The Bertz CT molecular complexity index is 1100. The number of carboxylic acids is 1. The number of benzene rings is 2. The Hall–Kier alpha value is -3.22. The summed E-state index contributed by atoms with van der Waals surface area (Å²) in [4.78, 5) is 31.4. The molecule has 2 aromatic rings. The van der Waals surface area contributed by atoms with Gasteiger partial charge < -0.3 is 9.84 Å². The summed E-state index contributed by atoms with van der Waals surface area (Å²) in [5.74, 6) is -0.372. The van der Waals surface area contributed by atoms with E-state index in [1.54, 1.807) is 17.0 Å². The van der Waals surface area contributed by atoms with Gasteiger partial charge in [0.25, 0.3) is 5.91 Å². The van der Waals surface area contributed by atoms with Crippen molar-refractivity contribution in [3.63, 3.8) is 0 Å². The highest BCUT2D eigenvalue weighted by molar-refractivity contribution is 6.08. The lowest BCUT2D eigenvalue weighted by Crippen LogP contribution is -2.41. The zero-order valence-electron chi connectivity index (χ0n) is 21.2. The largest absolute Gasteiger partial charge is 0.478 e. The summed E-state index contributed by atoms with van der Waals surface area (Å²) in [7, 11) is 0. The molecule has 0 bridgehead atoms. The molecule has 3 rings (SSSR count). The van der Waals surface area contributed by atoms with Gasteiger partial charge in [0.15, 0.2) is 5.60 Å². The van der Waals surface area contributed by atoms with E-state index >= 15 is 0 Å². The Morgan fingerprint density at radius 2 is 1.77 bits per heavy atom. The van der Waals surface area contributed by atoms with Crippen molar-refractivity contribution in [2.24, 2.45) is 4.99 Å². The molecule has 0 saturated heterocycles. The van der Waals surface area contributed by atoms with Gasteiger partial charge in [0.05, 0.1) is 6.54 Å². The summed E-state index contributed by atoms with van der Waals surface area (Å²) in [5, 5.41) is 9.30. The molecule has 1 amide bonds. The summed E-state index contributed by atoms with van der Waals surface area (Å²) in [5.41, 5.74) is -0.238. The molecule has 0 fully saturated rings. The predicted octanol–water partition coefficient (Wildman–Crippen LogP) is 6.22. The molecule has 1 aliphatic heterocycles. The molecule has 188 valence electrons. The number of aliphatic imine (C=N–C) groups is 1. The van der Waals surface area contributed by atoms with Crippen molar-refractivity contribution in [2.75, 3.05) is 0 Å². The van der Waals surface area contributed by atoms with Crippen molar-refractivity contribution in [1.29, 1.82) is 0 Å². The third-order valence-electron chi connectivity index (χ3n) is 6.65. The highest BCUT2D eigenvalue weighted by atomic mass is 19.1. The van der Waals surface area contributed by atoms with E-state index in [4.69, 9.17) is 9.73 Å². The standard InChI is InChI=1S/C28H35FN2O4/c1-6-9-10-24-30-28(7-2,8-3)25(32)31(24)18-19-11-13-20(14-12-19)22-17-21(15-16-23(22)29)35-27(4,5)26(33)34/h11-17H,6-10,18H2,1-5H3,(H,33,34). The summed E-state index contributed by atoms with van der Waals surface area (Å²) < 4.78 is 20.2. The number of carbonyl (C=O) groups is 2. The van der Waals surface area contributed by atoms with E-state index in [1.807, 2.05) is 26.0 Å². The van der Waals surface area contributed by atoms with Crippen molar-refractivity contribution < 1.29 is 23.8 Å². The molecule has 6 nitrogen and oxygen atoms in total. The van der Waals surface area contributed by atoms with Gasteiger partial charge >= 0.3 is 5.97 Å². The van der Waals surface area contributed by atoms with Gasteiger partial charge in [-0.25, -0.2) is 9.18 Å². The molecular weight excluding hydrogens is 447 g/mol. The molecule has 0 atom stereocenters. The molecule has 0 spiro atoms. The highest BCUT2D eigenvalue weighted by Gasteiger charge is 2.45. The fourth-order valence-corrected chi connectivity index (χ4v) is 4.22. The average molecular weight is 483 g/mol. The third kappa shape index (κ3) is 5.55. The Labute approximate surface area is 206 Å². The molecule has 7 heteroatoms. The van der Waals surface area contributed by atoms with E-state index in [0.717, 1.165) is 30.7 Å². The van der Waals surface area contributed by atoms with Gasteiger partial charge in [-0.3, -0.25) is 14.7 Å². The minimum atomic E-state index is -1.44. The maximum absolute atomic E-state index is 14.6. The summed E-state index contributed by atoms with van der Waals surface area (Å²) in [6.45, 7) is 9.43. The number of rotatable bonds is 11. The second-order valence-electron chi connectivity index (χ2n) is 9.52. The third-order valence-corrected chi connectivity index (χ3v) is 6.65. The minimum Gasteiger partial charge on any atom is -0.478 e. The van der Waals surface area contributed by atoms with Crippen molar-refractivity contribution in [3.8, 4) is 16.9 Å². The normalized spacial score (nSPS) is 15.3. The van der Waals surface area contributed by atoms with E-state index in [0.29, 0.717) is 30.5 Å². The zero-order valence-corrected chi connectivity index (χ0v) is 21.2. The predicted molar refractivity (Wildman–Crippen MR) is 135 cm³/mol. The first-order valence-electron chi connectivity index (χ1n) is 12.3. The Morgan fingerprint density at radius 1 is 1.11 bits per heavy atom. The first kappa shape index (κ1) is 26.4. The van der Waals surface area contributed by atoms with Crippen LogP contribution < -0.4 is 4.74 Å². The SMILES string of the molecule is CCCCC1=NC(CC)(CC)C(=O)N1Cc1ccc(-c2cc(OC(C)(C)C(=O)O)ccc2F)cc1. The summed E-state index contributed by atoms with van der Waals surface area (Å²) in [6.07, 6.45) is 4.11. The zero-order chi connectivity index (χ0) is 25.8. The van der Waals surface area contributed by atoms with E-state index in [9.17, 15) is 19.1 Å². The molecule has 35 heavy (non-hydrogen) atoms. The molecule has 1 heterocycles. The van der Waals surface area contributed by atoms with Gasteiger partial charge in [0.1, 0.15) is 22.9 Å². The van der Waals surface area contributed by atoms with Crippen LogP contribution in [0.4, 0.5) is 4.39 Å². The van der Waals surface area contributed by atoms with Crippen LogP contribution >= 0.6 is 0 Å². The lowest BCUT2D eigenvalue weighted by atomic mass is 9.93. The Kier molecular flexibility index (Phi) is 7.98. The number of ether oxygens (including phenoxy) is 1. The molecule has 0 saturated carbocycles. The van der Waals surface area contributed by atoms with Gasteiger partial charge in [-0.15, -0.1) is 0 Å². The number of amides is 1. The Balaban J connectivity index is 1.83. The van der Waals surface area contributed by atoms with Gasteiger partial charge in [-0.05, 0) is 62.4 Å². The number of unbranched alkanes of at least 4 members (excludes halogenated alkanes) is 1. The van der Waals surface area contributed by atoms with Crippen LogP contribution in [-0.4, -0.2) is 38.9 Å². The number of aliphatic carboxylic acids is 1. The summed E-state index contributed by atoms with van der Waals surface area (Å²) >= 11 is 0. The van der Waals surface area contributed by atoms with Crippen LogP contribution in [0.25, 0.3) is 11.1 Å². The van der Waals surface area contributed by atoms with Crippen LogP contribution in [0.2, 0.25) is 0 Å². The fourth-order valence-electron chi connectivity index (χ4n) is 4.22. The van der Waals surface area contributed by atoms with E-state index < -0.39 is 22.9 Å². The van der Waals surface area contributed by atoms with Crippen LogP contribution in [0.1, 0.15) is 72.3 Å². The maximum atomic E-state index is 14.6. The second kappa shape index (κ2) is 10.6. The van der Waals surface area contributed by atoms with Gasteiger partial charge in [0.2, 0.25) is 0 Å². The molecule has 0 aromatic heterocycles. The number of hydrogen-bond acceptors (Lipinski definition) is 4. The number of carbonyl (C=O) groups excluding carboxylic acids is 1. The topological polar surface area (TPSA) is 79.2 Å². The van der Waals surface area contributed by atoms with Crippen molar-refractivity contribution in [3.05, 3.63) is 53.8 Å². The molecule has 1 N–H and O–H groups in total. The molecule has 1 aliphatic rings. The number of carboxylic acid groups (broad SMARTS) is 1. The van der Waals surface area contributed by atoms with Crippen LogP contribution in [0, 0.1) is 5.82 Å². The quantitative estimate of drug-likeness (QED) is 0.412. The van der Waals surface area contributed by atoms with Gasteiger partial charge in [0, 0.05) is 12.0 Å². The van der Waals surface area contributed by atoms with Gasteiger partial charge in [-0.1, -0.05) is 51.5 Å². The van der Waals surface area contributed by atoms with Crippen LogP contribution in [0.15, 0.2) is 47.5 Å².